The van der Waals surface area contributed by atoms with Crippen LogP contribution in [0.25, 0.3) is 0 Å². The molecular weight excluding hydrogens is 388 g/mol. The van der Waals surface area contributed by atoms with Crippen molar-refractivity contribution in [1.82, 2.24) is 0 Å². The molecule has 0 saturated heterocycles. The number of hydrogen-bond acceptors (Lipinski definition) is 3. The highest BCUT2D eigenvalue weighted by Gasteiger charge is 2.29. The SMILES string of the molecule is O=C(CSc1cccc(NC(=O)C2CC2)c1)Nc1ccccc1Br. The van der Waals surface area contributed by atoms with Crippen molar-refractivity contribution in [3.8, 4) is 0 Å². The average molecular weight is 405 g/mol. The topological polar surface area (TPSA) is 58.2 Å². The lowest BCUT2D eigenvalue weighted by Gasteiger charge is -2.08. The van der Waals surface area contributed by atoms with Crippen LogP contribution in [0.5, 0.6) is 0 Å². The Balaban J connectivity index is 1.53. The molecule has 2 aromatic rings. The zero-order valence-corrected chi connectivity index (χ0v) is 15.3. The Labute approximate surface area is 153 Å². The van der Waals surface area contributed by atoms with Crippen molar-refractivity contribution in [1.29, 1.82) is 0 Å². The fraction of sp³-hybridized carbons (Fsp3) is 0.222. The zero-order chi connectivity index (χ0) is 16.9. The third kappa shape index (κ3) is 4.85. The van der Waals surface area contributed by atoms with E-state index in [2.05, 4.69) is 26.6 Å². The Kier molecular flexibility index (Phi) is 5.58. The number of rotatable bonds is 6. The minimum absolute atomic E-state index is 0.0701. The van der Waals surface area contributed by atoms with Gasteiger partial charge in [-0.2, -0.15) is 0 Å². The molecule has 0 bridgehead atoms. The van der Waals surface area contributed by atoms with Crippen molar-refractivity contribution in [3.05, 3.63) is 53.0 Å². The first-order chi connectivity index (χ1) is 11.6. The van der Waals surface area contributed by atoms with Crippen LogP contribution in [0.1, 0.15) is 12.8 Å². The van der Waals surface area contributed by atoms with Gasteiger partial charge in [-0.3, -0.25) is 9.59 Å². The van der Waals surface area contributed by atoms with Crippen LogP contribution in [0.3, 0.4) is 0 Å². The molecule has 124 valence electrons. The number of carbonyl (C=O) groups is 2. The molecule has 4 nitrogen and oxygen atoms in total. The van der Waals surface area contributed by atoms with E-state index in [0.717, 1.165) is 33.6 Å². The lowest BCUT2D eigenvalue weighted by Crippen LogP contribution is -2.14. The maximum absolute atomic E-state index is 12.1. The van der Waals surface area contributed by atoms with Crippen LogP contribution >= 0.6 is 27.7 Å². The molecule has 2 N–H and O–H groups in total. The predicted molar refractivity (Wildman–Crippen MR) is 101 cm³/mol. The van der Waals surface area contributed by atoms with E-state index in [1.165, 1.54) is 11.8 Å². The Morgan fingerprint density at radius 3 is 2.62 bits per heavy atom. The summed E-state index contributed by atoms with van der Waals surface area (Å²) in [6, 6.07) is 15.1. The van der Waals surface area contributed by atoms with E-state index in [0.29, 0.717) is 5.75 Å². The van der Waals surface area contributed by atoms with E-state index in [1.807, 2.05) is 48.5 Å². The lowest BCUT2D eigenvalue weighted by atomic mass is 10.3. The molecule has 2 amide bonds. The van der Waals surface area contributed by atoms with Crippen molar-refractivity contribution >= 4 is 50.9 Å². The van der Waals surface area contributed by atoms with Crippen LogP contribution in [0, 0.1) is 5.92 Å². The molecule has 0 unspecified atom stereocenters. The molecule has 24 heavy (non-hydrogen) atoms. The molecule has 1 fully saturated rings. The Morgan fingerprint density at radius 2 is 1.88 bits per heavy atom. The molecule has 1 aliphatic rings. The fourth-order valence-electron chi connectivity index (χ4n) is 2.15. The highest BCUT2D eigenvalue weighted by molar-refractivity contribution is 9.10. The number of hydrogen-bond donors (Lipinski definition) is 2. The molecule has 1 saturated carbocycles. The van der Waals surface area contributed by atoms with Gasteiger partial charge in [-0.1, -0.05) is 18.2 Å². The number of thioether (sulfide) groups is 1. The van der Waals surface area contributed by atoms with Gasteiger partial charge < -0.3 is 10.6 Å². The molecular formula is C18H17BrN2O2S. The number of anilines is 2. The number of nitrogens with one attached hydrogen (secondary N) is 2. The largest absolute Gasteiger partial charge is 0.326 e. The quantitative estimate of drug-likeness (QED) is 0.695. The van der Waals surface area contributed by atoms with Gasteiger partial charge in [0, 0.05) is 21.0 Å². The summed E-state index contributed by atoms with van der Waals surface area (Å²) in [5, 5.41) is 5.79. The molecule has 0 radical (unpaired) electrons. The smallest absolute Gasteiger partial charge is 0.234 e. The third-order valence-electron chi connectivity index (χ3n) is 3.57. The summed E-state index contributed by atoms with van der Waals surface area (Å²) in [7, 11) is 0. The second kappa shape index (κ2) is 7.85. The maximum Gasteiger partial charge on any atom is 0.234 e. The standard InChI is InChI=1S/C18H17BrN2O2S/c19-15-6-1-2-7-16(15)21-17(22)11-24-14-5-3-4-13(10-14)20-18(23)12-8-9-12/h1-7,10,12H,8-9,11H2,(H,20,23)(H,21,22). The first kappa shape index (κ1) is 17.0. The van der Waals surface area contributed by atoms with Crippen LogP contribution in [0.15, 0.2) is 57.9 Å². The van der Waals surface area contributed by atoms with Crippen LogP contribution in [-0.4, -0.2) is 17.6 Å². The molecule has 0 spiro atoms. The van der Waals surface area contributed by atoms with E-state index in [1.54, 1.807) is 0 Å². The summed E-state index contributed by atoms with van der Waals surface area (Å²) in [5.74, 6) is 0.501. The van der Waals surface area contributed by atoms with Crippen molar-refractivity contribution in [2.24, 2.45) is 5.92 Å². The normalized spacial score (nSPS) is 13.4. The zero-order valence-electron chi connectivity index (χ0n) is 12.9. The van der Waals surface area contributed by atoms with E-state index in [4.69, 9.17) is 0 Å². The van der Waals surface area contributed by atoms with Crippen molar-refractivity contribution in [2.45, 2.75) is 17.7 Å². The van der Waals surface area contributed by atoms with Gasteiger partial charge in [-0.25, -0.2) is 0 Å². The summed E-state index contributed by atoms with van der Waals surface area (Å²) in [5.41, 5.74) is 1.54. The van der Waals surface area contributed by atoms with E-state index < -0.39 is 0 Å². The van der Waals surface area contributed by atoms with Crippen molar-refractivity contribution in [2.75, 3.05) is 16.4 Å². The van der Waals surface area contributed by atoms with E-state index in [9.17, 15) is 9.59 Å². The minimum Gasteiger partial charge on any atom is -0.326 e. The van der Waals surface area contributed by atoms with Gasteiger partial charge in [-0.05, 0) is 59.1 Å². The fourth-order valence-corrected chi connectivity index (χ4v) is 3.29. The second-order valence-electron chi connectivity index (χ2n) is 5.61. The van der Waals surface area contributed by atoms with Crippen LogP contribution in [0.4, 0.5) is 11.4 Å². The number of benzene rings is 2. The molecule has 0 atom stereocenters. The Bertz CT molecular complexity index is 762. The molecule has 2 aromatic carbocycles. The van der Waals surface area contributed by atoms with E-state index >= 15 is 0 Å². The first-order valence-electron chi connectivity index (χ1n) is 7.70. The second-order valence-corrected chi connectivity index (χ2v) is 7.51. The van der Waals surface area contributed by atoms with Crippen LogP contribution in [-0.2, 0) is 9.59 Å². The Hall–Kier alpha value is -1.79. The summed E-state index contributed by atoms with van der Waals surface area (Å²) >= 11 is 4.85. The molecule has 0 aliphatic heterocycles. The van der Waals surface area contributed by atoms with E-state index in [-0.39, 0.29) is 17.7 Å². The molecule has 1 aliphatic carbocycles. The molecule has 6 heteroatoms. The summed E-state index contributed by atoms with van der Waals surface area (Å²) < 4.78 is 0.855. The Morgan fingerprint density at radius 1 is 1.08 bits per heavy atom. The number of halogens is 1. The summed E-state index contributed by atoms with van der Waals surface area (Å²) in [6.07, 6.45) is 1.96. The van der Waals surface area contributed by atoms with Crippen molar-refractivity contribution in [3.63, 3.8) is 0 Å². The minimum atomic E-state index is -0.0701. The highest BCUT2D eigenvalue weighted by atomic mass is 79.9. The number of para-hydroxylation sites is 1. The highest BCUT2D eigenvalue weighted by Crippen LogP contribution is 2.31. The molecule has 0 aromatic heterocycles. The number of amides is 2. The van der Waals surface area contributed by atoms with Gasteiger partial charge in [0.05, 0.1) is 11.4 Å². The first-order valence-corrected chi connectivity index (χ1v) is 9.48. The third-order valence-corrected chi connectivity index (χ3v) is 5.25. The lowest BCUT2D eigenvalue weighted by molar-refractivity contribution is -0.117. The molecule has 0 heterocycles. The monoisotopic (exact) mass is 404 g/mol. The van der Waals surface area contributed by atoms with Crippen LogP contribution < -0.4 is 10.6 Å². The number of carbonyl (C=O) groups excluding carboxylic acids is 2. The van der Waals surface area contributed by atoms with Gasteiger partial charge in [0.2, 0.25) is 11.8 Å². The van der Waals surface area contributed by atoms with Gasteiger partial charge in [-0.15, -0.1) is 11.8 Å². The van der Waals surface area contributed by atoms with Crippen LogP contribution in [0.2, 0.25) is 0 Å². The summed E-state index contributed by atoms with van der Waals surface area (Å²) in [6.45, 7) is 0. The van der Waals surface area contributed by atoms with Crippen molar-refractivity contribution < 1.29 is 9.59 Å². The van der Waals surface area contributed by atoms with Gasteiger partial charge in [0.1, 0.15) is 0 Å². The maximum atomic E-state index is 12.1. The summed E-state index contributed by atoms with van der Waals surface area (Å²) in [4.78, 5) is 24.8. The average Bonchev–Trinajstić information content (AvgIpc) is 3.40. The van der Waals surface area contributed by atoms with Gasteiger partial charge in [0.25, 0.3) is 0 Å². The predicted octanol–water partition coefficient (Wildman–Crippen LogP) is 4.53. The van der Waals surface area contributed by atoms with Gasteiger partial charge in [0.15, 0.2) is 0 Å². The molecule has 3 rings (SSSR count). The van der Waals surface area contributed by atoms with Gasteiger partial charge >= 0.3 is 0 Å².